The summed E-state index contributed by atoms with van der Waals surface area (Å²) in [6.07, 6.45) is 3.06. The Labute approximate surface area is 93.5 Å². The molecule has 1 aromatic rings. The van der Waals surface area contributed by atoms with Crippen LogP contribution in [0.25, 0.3) is 0 Å². The fraction of sp³-hybridized carbons (Fsp3) is 0.364. The Balaban J connectivity index is 2.25. The van der Waals surface area contributed by atoms with Crippen LogP contribution in [0.2, 0.25) is 0 Å². The largest absolute Gasteiger partial charge is 0.482 e. The third-order valence-electron chi connectivity index (χ3n) is 2.57. The number of ether oxygens (including phenoxy) is 1. The second-order valence-corrected chi connectivity index (χ2v) is 4.06. The number of hydrogen-bond donors (Lipinski definition) is 2. The van der Waals surface area contributed by atoms with Gasteiger partial charge in [-0.25, -0.2) is 4.79 Å². The van der Waals surface area contributed by atoms with Gasteiger partial charge in [-0.15, -0.1) is 12.6 Å². The van der Waals surface area contributed by atoms with Gasteiger partial charge < -0.3 is 9.84 Å². The zero-order valence-corrected chi connectivity index (χ0v) is 9.09. The van der Waals surface area contributed by atoms with Crippen molar-refractivity contribution in [3.8, 4) is 5.75 Å². The SMILES string of the molecule is O=C(O)COc1ccc(S)c2c1CCC2. The molecule has 15 heavy (non-hydrogen) atoms. The van der Waals surface area contributed by atoms with Crippen LogP contribution in [0.5, 0.6) is 5.75 Å². The molecule has 1 aliphatic carbocycles. The zero-order chi connectivity index (χ0) is 10.8. The summed E-state index contributed by atoms with van der Waals surface area (Å²) < 4.78 is 5.23. The van der Waals surface area contributed by atoms with Gasteiger partial charge in [-0.3, -0.25) is 0 Å². The monoisotopic (exact) mass is 224 g/mol. The predicted molar refractivity (Wildman–Crippen MR) is 58.8 cm³/mol. The van der Waals surface area contributed by atoms with Crippen molar-refractivity contribution in [3.05, 3.63) is 23.3 Å². The Morgan fingerprint density at radius 2 is 2.13 bits per heavy atom. The van der Waals surface area contributed by atoms with E-state index in [0.717, 1.165) is 29.7 Å². The number of aliphatic carboxylic acids is 1. The first kappa shape index (κ1) is 10.4. The summed E-state index contributed by atoms with van der Waals surface area (Å²) in [5.74, 6) is -0.251. The highest BCUT2D eigenvalue weighted by molar-refractivity contribution is 7.80. The molecule has 0 spiro atoms. The van der Waals surface area contributed by atoms with Crippen LogP contribution >= 0.6 is 12.6 Å². The quantitative estimate of drug-likeness (QED) is 0.771. The lowest BCUT2D eigenvalue weighted by molar-refractivity contribution is -0.139. The molecule has 0 heterocycles. The van der Waals surface area contributed by atoms with Crippen molar-refractivity contribution in [3.63, 3.8) is 0 Å². The number of carboxylic acid groups (broad SMARTS) is 1. The molecule has 0 saturated heterocycles. The van der Waals surface area contributed by atoms with Crippen LogP contribution in [0.1, 0.15) is 17.5 Å². The van der Waals surface area contributed by atoms with Crippen LogP contribution in [0.3, 0.4) is 0 Å². The Kier molecular flexibility index (Phi) is 2.86. The molecule has 0 aromatic heterocycles. The highest BCUT2D eigenvalue weighted by Gasteiger charge is 2.18. The third-order valence-corrected chi connectivity index (χ3v) is 2.99. The molecule has 1 aliphatic rings. The van der Waals surface area contributed by atoms with Crippen LogP contribution in [0.4, 0.5) is 0 Å². The molecule has 0 aliphatic heterocycles. The van der Waals surface area contributed by atoms with E-state index < -0.39 is 5.97 Å². The van der Waals surface area contributed by atoms with Crippen molar-refractivity contribution in [2.75, 3.05) is 6.61 Å². The summed E-state index contributed by atoms with van der Waals surface area (Å²) in [6.45, 7) is -0.279. The van der Waals surface area contributed by atoms with Crippen LogP contribution in [-0.4, -0.2) is 17.7 Å². The summed E-state index contributed by atoms with van der Waals surface area (Å²) in [4.78, 5) is 11.4. The summed E-state index contributed by atoms with van der Waals surface area (Å²) >= 11 is 4.37. The van der Waals surface area contributed by atoms with E-state index in [2.05, 4.69) is 12.6 Å². The second kappa shape index (κ2) is 4.14. The van der Waals surface area contributed by atoms with Crippen molar-refractivity contribution < 1.29 is 14.6 Å². The van der Waals surface area contributed by atoms with Crippen LogP contribution in [0, 0.1) is 0 Å². The number of benzene rings is 1. The maximum absolute atomic E-state index is 10.4. The van der Waals surface area contributed by atoms with Gasteiger partial charge in [0, 0.05) is 4.90 Å². The molecule has 0 unspecified atom stereocenters. The minimum Gasteiger partial charge on any atom is -0.482 e. The van der Waals surface area contributed by atoms with Gasteiger partial charge in [0.2, 0.25) is 0 Å². The average Bonchev–Trinajstić information content (AvgIpc) is 2.66. The van der Waals surface area contributed by atoms with E-state index in [1.165, 1.54) is 5.56 Å². The van der Waals surface area contributed by atoms with E-state index in [1.807, 2.05) is 6.07 Å². The molecule has 0 bridgehead atoms. The first-order chi connectivity index (χ1) is 7.18. The maximum atomic E-state index is 10.4. The van der Waals surface area contributed by atoms with E-state index in [-0.39, 0.29) is 6.61 Å². The van der Waals surface area contributed by atoms with Gasteiger partial charge in [-0.2, -0.15) is 0 Å². The highest BCUT2D eigenvalue weighted by atomic mass is 32.1. The van der Waals surface area contributed by atoms with Gasteiger partial charge in [0.1, 0.15) is 5.75 Å². The number of rotatable bonds is 3. The van der Waals surface area contributed by atoms with E-state index in [9.17, 15) is 4.79 Å². The van der Waals surface area contributed by atoms with Gasteiger partial charge in [0.15, 0.2) is 6.61 Å². The molecule has 0 radical (unpaired) electrons. The van der Waals surface area contributed by atoms with Crippen molar-refractivity contribution in [2.45, 2.75) is 24.2 Å². The first-order valence-corrected chi connectivity index (χ1v) is 5.31. The van der Waals surface area contributed by atoms with E-state index in [4.69, 9.17) is 9.84 Å². The number of fused-ring (bicyclic) bond motifs is 1. The minimum absolute atomic E-state index is 0.279. The molecule has 80 valence electrons. The van der Waals surface area contributed by atoms with Crippen molar-refractivity contribution in [2.24, 2.45) is 0 Å². The van der Waals surface area contributed by atoms with Crippen molar-refractivity contribution >= 4 is 18.6 Å². The van der Waals surface area contributed by atoms with Crippen molar-refractivity contribution in [1.29, 1.82) is 0 Å². The Morgan fingerprint density at radius 1 is 1.40 bits per heavy atom. The maximum Gasteiger partial charge on any atom is 0.341 e. The Morgan fingerprint density at radius 3 is 2.87 bits per heavy atom. The van der Waals surface area contributed by atoms with Gasteiger partial charge in [-0.1, -0.05) is 0 Å². The molecular formula is C11H12O3S. The first-order valence-electron chi connectivity index (χ1n) is 4.87. The lowest BCUT2D eigenvalue weighted by Crippen LogP contribution is -2.10. The zero-order valence-electron chi connectivity index (χ0n) is 8.19. The van der Waals surface area contributed by atoms with Gasteiger partial charge in [-0.05, 0) is 42.5 Å². The molecular weight excluding hydrogens is 212 g/mol. The van der Waals surface area contributed by atoms with E-state index >= 15 is 0 Å². The number of carboxylic acids is 1. The Bertz CT molecular complexity index is 401. The fourth-order valence-corrected chi connectivity index (χ4v) is 2.25. The number of hydrogen-bond acceptors (Lipinski definition) is 3. The minimum atomic E-state index is -0.948. The molecule has 1 aromatic carbocycles. The lowest BCUT2D eigenvalue weighted by Gasteiger charge is -2.10. The summed E-state index contributed by atoms with van der Waals surface area (Å²) in [5, 5.41) is 8.54. The second-order valence-electron chi connectivity index (χ2n) is 3.58. The third kappa shape index (κ3) is 2.09. The molecule has 2 rings (SSSR count). The van der Waals surface area contributed by atoms with Gasteiger partial charge in [0.05, 0.1) is 0 Å². The standard InChI is InChI=1S/C11H12O3S/c12-11(13)6-14-9-4-5-10(15)8-3-1-2-7(8)9/h4-5,15H,1-3,6H2,(H,12,13). The number of carbonyl (C=O) groups is 1. The van der Waals surface area contributed by atoms with Crippen molar-refractivity contribution in [1.82, 2.24) is 0 Å². The van der Waals surface area contributed by atoms with E-state index in [0.29, 0.717) is 5.75 Å². The van der Waals surface area contributed by atoms with Crippen LogP contribution < -0.4 is 4.74 Å². The summed E-state index contributed by atoms with van der Waals surface area (Å²) in [7, 11) is 0. The lowest BCUT2D eigenvalue weighted by atomic mass is 10.1. The average molecular weight is 224 g/mol. The Hall–Kier alpha value is -1.16. The van der Waals surface area contributed by atoms with Crippen LogP contribution in [-0.2, 0) is 17.6 Å². The van der Waals surface area contributed by atoms with Crippen LogP contribution in [0.15, 0.2) is 17.0 Å². The van der Waals surface area contributed by atoms with Gasteiger partial charge >= 0.3 is 5.97 Å². The smallest absolute Gasteiger partial charge is 0.341 e. The molecule has 0 saturated carbocycles. The topological polar surface area (TPSA) is 46.5 Å². The summed E-state index contributed by atoms with van der Waals surface area (Å²) in [5.41, 5.74) is 2.34. The normalized spacial score (nSPS) is 13.7. The molecule has 1 N–H and O–H groups in total. The highest BCUT2D eigenvalue weighted by Crippen LogP contribution is 2.34. The van der Waals surface area contributed by atoms with E-state index in [1.54, 1.807) is 6.07 Å². The predicted octanol–water partition coefficient (Wildman–Crippen LogP) is 1.93. The molecule has 4 heteroatoms. The fourth-order valence-electron chi connectivity index (χ4n) is 1.93. The molecule has 0 amide bonds. The molecule has 3 nitrogen and oxygen atoms in total. The molecule has 0 fully saturated rings. The number of thiol groups is 1. The molecule has 0 atom stereocenters. The summed E-state index contributed by atoms with van der Waals surface area (Å²) in [6, 6.07) is 3.67. The van der Waals surface area contributed by atoms with Gasteiger partial charge in [0.25, 0.3) is 0 Å².